The molecule has 12 heavy (non-hydrogen) atoms. The normalized spacial score (nSPS) is 11.0. The third kappa shape index (κ3) is 1.97. The first kappa shape index (κ1) is 9.52. The monoisotopic (exact) mass is 188 g/mol. The fraction of sp³-hybridized carbons (Fsp3) is 0.750. The van der Waals surface area contributed by atoms with Crippen molar-refractivity contribution in [3.63, 3.8) is 0 Å². The average molecular weight is 189 g/mol. The fourth-order valence-electron chi connectivity index (χ4n) is 1.13. The fourth-order valence-corrected chi connectivity index (χ4v) is 1.23. The molecule has 0 aliphatic carbocycles. The Bertz CT molecular complexity index is 233. The second kappa shape index (κ2) is 4.45. The van der Waals surface area contributed by atoms with Crippen molar-refractivity contribution in [2.45, 2.75) is 38.5 Å². The molecule has 68 valence electrons. The zero-order valence-corrected chi connectivity index (χ0v) is 8.14. The largest absolute Gasteiger partial charge is 0.339 e. The van der Waals surface area contributed by atoms with E-state index in [1.54, 1.807) is 0 Å². The molecule has 4 heteroatoms. The van der Waals surface area contributed by atoms with Gasteiger partial charge in [-0.25, -0.2) is 0 Å². The van der Waals surface area contributed by atoms with Crippen LogP contribution in [0.4, 0.5) is 0 Å². The topological polar surface area (TPSA) is 38.9 Å². The first-order valence-corrected chi connectivity index (χ1v) is 4.73. The van der Waals surface area contributed by atoms with E-state index in [-0.39, 0.29) is 0 Å². The molecule has 1 heterocycles. The van der Waals surface area contributed by atoms with Gasteiger partial charge >= 0.3 is 0 Å². The van der Waals surface area contributed by atoms with Gasteiger partial charge in [0.15, 0.2) is 5.82 Å². The maximum absolute atomic E-state index is 5.55. The van der Waals surface area contributed by atoms with Crippen LogP contribution in [-0.2, 0) is 5.88 Å². The molecule has 0 unspecified atom stereocenters. The molecule has 0 fully saturated rings. The second-order valence-corrected chi connectivity index (χ2v) is 2.96. The molecule has 3 nitrogen and oxygen atoms in total. The Hall–Kier alpha value is -0.570. The molecular formula is C8H13ClN2O. The van der Waals surface area contributed by atoms with Gasteiger partial charge in [-0.2, -0.15) is 4.98 Å². The number of hydrogen-bond acceptors (Lipinski definition) is 3. The van der Waals surface area contributed by atoms with Crippen LogP contribution in [0.3, 0.4) is 0 Å². The minimum Gasteiger partial charge on any atom is -0.339 e. The van der Waals surface area contributed by atoms with Gasteiger partial charge in [0.05, 0.1) is 5.88 Å². The molecule has 1 aromatic rings. The van der Waals surface area contributed by atoms with Gasteiger partial charge in [-0.15, -0.1) is 11.6 Å². The highest BCUT2D eigenvalue weighted by atomic mass is 35.5. The molecule has 0 amide bonds. The number of alkyl halides is 1. The molecule has 0 N–H and O–H groups in total. The minimum absolute atomic E-state index is 0.323. The summed E-state index contributed by atoms with van der Waals surface area (Å²) in [6, 6.07) is 0. The highest BCUT2D eigenvalue weighted by Crippen LogP contribution is 2.20. The summed E-state index contributed by atoms with van der Waals surface area (Å²) in [6.07, 6.45) is 2.06. The van der Waals surface area contributed by atoms with E-state index in [1.165, 1.54) is 0 Å². The zero-order valence-electron chi connectivity index (χ0n) is 7.38. The summed E-state index contributed by atoms with van der Waals surface area (Å²) in [5.41, 5.74) is 0. The highest BCUT2D eigenvalue weighted by Gasteiger charge is 2.14. The maximum Gasteiger partial charge on any atom is 0.229 e. The van der Waals surface area contributed by atoms with Crippen LogP contribution in [0.15, 0.2) is 4.52 Å². The van der Waals surface area contributed by atoms with Gasteiger partial charge in [0.1, 0.15) is 0 Å². The van der Waals surface area contributed by atoms with E-state index in [9.17, 15) is 0 Å². The summed E-state index contributed by atoms with van der Waals surface area (Å²) in [7, 11) is 0. The van der Waals surface area contributed by atoms with E-state index in [1.807, 2.05) is 0 Å². The van der Waals surface area contributed by atoms with Crippen molar-refractivity contribution in [3.05, 3.63) is 11.7 Å². The van der Waals surface area contributed by atoms with Crippen LogP contribution < -0.4 is 0 Å². The Balaban J connectivity index is 2.72. The van der Waals surface area contributed by atoms with Crippen molar-refractivity contribution in [2.24, 2.45) is 0 Å². The Morgan fingerprint density at radius 3 is 2.50 bits per heavy atom. The molecule has 0 saturated heterocycles. The lowest BCUT2D eigenvalue weighted by atomic mass is 10.0. The predicted octanol–water partition coefficient (Wildman–Crippen LogP) is 2.71. The number of nitrogens with zero attached hydrogens (tertiary/aromatic N) is 2. The van der Waals surface area contributed by atoms with E-state index >= 15 is 0 Å². The Morgan fingerprint density at radius 2 is 2.08 bits per heavy atom. The summed E-state index contributed by atoms with van der Waals surface area (Å²) in [5.74, 6) is 2.01. The molecule has 0 spiro atoms. The summed E-state index contributed by atoms with van der Waals surface area (Å²) in [4.78, 5) is 4.16. The van der Waals surface area contributed by atoms with E-state index in [0.29, 0.717) is 17.6 Å². The summed E-state index contributed by atoms with van der Waals surface area (Å²) in [5, 5.41) is 3.73. The van der Waals surface area contributed by atoms with E-state index < -0.39 is 0 Å². The van der Waals surface area contributed by atoms with Gasteiger partial charge in [0, 0.05) is 5.92 Å². The third-order valence-electron chi connectivity index (χ3n) is 1.94. The number of aromatic nitrogens is 2. The molecule has 1 rings (SSSR count). The minimum atomic E-state index is 0.323. The van der Waals surface area contributed by atoms with E-state index in [4.69, 9.17) is 16.1 Å². The van der Waals surface area contributed by atoms with Gasteiger partial charge in [-0.05, 0) is 12.8 Å². The van der Waals surface area contributed by atoms with E-state index in [0.717, 1.165) is 18.7 Å². The highest BCUT2D eigenvalue weighted by molar-refractivity contribution is 6.16. The van der Waals surface area contributed by atoms with Gasteiger partial charge in [0.2, 0.25) is 5.89 Å². The SMILES string of the molecule is CCC(CC)c1nc(CCl)no1. The molecular weight excluding hydrogens is 176 g/mol. The Kier molecular flexibility index (Phi) is 3.53. The number of halogens is 1. The first-order valence-electron chi connectivity index (χ1n) is 4.20. The smallest absolute Gasteiger partial charge is 0.229 e. The molecule has 1 aromatic heterocycles. The second-order valence-electron chi connectivity index (χ2n) is 2.70. The molecule has 0 bridgehead atoms. The van der Waals surface area contributed by atoms with E-state index in [2.05, 4.69) is 24.0 Å². The lowest BCUT2D eigenvalue weighted by molar-refractivity contribution is 0.343. The van der Waals surface area contributed by atoms with Crippen molar-refractivity contribution < 1.29 is 4.52 Å². The maximum atomic E-state index is 5.55. The quantitative estimate of drug-likeness (QED) is 0.682. The van der Waals surface area contributed by atoms with Crippen LogP contribution in [0.2, 0.25) is 0 Å². The third-order valence-corrected chi connectivity index (χ3v) is 2.18. The average Bonchev–Trinajstić information content (AvgIpc) is 2.55. The van der Waals surface area contributed by atoms with Crippen molar-refractivity contribution in [1.82, 2.24) is 10.1 Å². The zero-order chi connectivity index (χ0) is 8.97. The van der Waals surface area contributed by atoms with Crippen molar-refractivity contribution in [3.8, 4) is 0 Å². The van der Waals surface area contributed by atoms with Crippen LogP contribution in [0.25, 0.3) is 0 Å². The summed E-state index contributed by atoms with van der Waals surface area (Å²) in [6.45, 7) is 4.22. The molecule has 0 aliphatic rings. The van der Waals surface area contributed by atoms with Gasteiger partial charge in [0.25, 0.3) is 0 Å². The lowest BCUT2D eigenvalue weighted by Crippen LogP contribution is -1.95. The molecule has 0 saturated carbocycles. The molecule has 0 aromatic carbocycles. The van der Waals surface area contributed by atoms with Crippen molar-refractivity contribution >= 4 is 11.6 Å². The van der Waals surface area contributed by atoms with Crippen LogP contribution >= 0.6 is 11.6 Å². The van der Waals surface area contributed by atoms with Gasteiger partial charge in [-0.1, -0.05) is 19.0 Å². The summed E-state index contributed by atoms with van der Waals surface area (Å²) < 4.78 is 5.05. The Morgan fingerprint density at radius 1 is 1.42 bits per heavy atom. The summed E-state index contributed by atoms with van der Waals surface area (Å²) >= 11 is 5.55. The van der Waals surface area contributed by atoms with Crippen molar-refractivity contribution in [1.29, 1.82) is 0 Å². The van der Waals surface area contributed by atoms with Crippen LogP contribution in [0.1, 0.15) is 44.3 Å². The molecule has 0 radical (unpaired) electrons. The first-order chi connectivity index (χ1) is 5.81. The van der Waals surface area contributed by atoms with Crippen molar-refractivity contribution in [2.75, 3.05) is 0 Å². The molecule has 0 atom stereocenters. The van der Waals surface area contributed by atoms with Gasteiger partial charge in [-0.3, -0.25) is 0 Å². The molecule has 0 aliphatic heterocycles. The lowest BCUT2D eigenvalue weighted by Gasteiger charge is -2.03. The number of rotatable bonds is 4. The van der Waals surface area contributed by atoms with Crippen LogP contribution in [-0.4, -0.2) is 10.1 Å². The van der Waals surface area contributed by atoms with Gasteiger partial charge < -0.3 is 4.52 Å². The van der Waals surface area contributed by atoms with Crippen LogP contribution in [0, 0.1) is 0 Å². The van der Waals surface area contributed by atoms with Crippen LogP contribution in [0.5, 0.6) is 0 Å². The Labute approximate surface area is 77.1 Å². The predicted molar refractivity (Wildman–Crippen MR) is 47.2 cm³/mol. The standard InChI is InChI=1S/C8H13ClN2O/c1-3-6(4-2)8-10-7(5-9)11-12-8/h6H,3-5H2,1-2H3. The number of hydrogen-bond donors (Lipinski definition) is 0.